The lowest BCUT2D eigenvalue weighted by molar-refractivity contribution is -0.157. The van der Waals surface area contributed by atoms with Crippen LogP contribution in [0.1, 0.15) is 25.7 Å². The maximum Gasteiger partial charge on any atom is 0.323 e. The van der Waals surface area contributed by atoms with E-state index in [0.717, 1.165) is 0 Å². The highest BCUT2D eigenvalue weighted by atomic mass is 16.5. The zero-order valence-corrected chi connectivity index (χ0v) is 9.34. The van der Waals surface area contributed by atoms with E-state index >= 15 is 0 Å². The average Bonchev–Trinajstić information content (AvgIpc) is 2.55. The summed E-state index contributed by atoms with van der Waals surface area (Å²) in [4.78, 5) is 23.9. The molecule has 2 saturated carbocycles. The third kappa shape index (κ3) is 1.10. The summed E-state index contributed by atoms with van der Waals surface area (Å²) in [5, 5.41) is 0. The molecule has 3 heteroatoms. The van der Waals surface area contributed by atoms with Crippen molar-refractivity contribution in [1.82, 2.24) is 0 Å². The summed E-state index contributed by atoms with van der Waals surface area (Å²) in [5.74, 6) is 2.15. The van der Waals surface area contributed by atoms with Crippen LogP contribution < -0.4 is 0 Å². The molecule has 84 valence electrons. The van der Waals surface area contributed by atoms with Crippen LogP contribution in [0.2, 0.25) is 0 Å². The molecule has 0 aromatic carbocycles. The number of hydrogen-bond acceptors (Lipinski definition) is 3. The van der Waals surface area contributed by atoms with E-state index in [1.165, 1.54) is 7.11 Å². The topological polar surface area (TPSA) is 43.4 Å². The molecule has 16 heavy (non-hydrogen) atoms. The number of carbonyl (C=O) groups excluding carboxylic acids is 2. The van der Waals surface area contributed by atoms with Gasteiger partial charge in [-0.25, -0.2) is 0 Å². The number of fused-ring (bicyclic) bond motifs is 2. The minimum Gasteiger partial charge on any atom is -0.468 e. The maximum absolute atomic E-state index is 12.0. The van der Waals surface area contributed by atoms with Crippen molar-refractivity contribution in [2.45, 2.75) is 25.7 Å². The van der Waals surface area contributed by atoms with Gasteiger partial charge in [-0.15, -0.1) is 6.42 Å². The number of esters is 1. The zero-order chi connectivity index (χ0) is 12.0. The van der Waals surface area contributed by atoms with Gasteiger partial charge in [-0.2, -0.15) is 0 Å². The number of ketones is 1. The Morgan fingerprint density at radius 3 is 2.88 bits per heavy atom. The van der Waals surface area contributed by atoms with Crippen LogP contribution in [0.5, 0.6) is 0 Å². The molecule has 2 aliphatic carbocycles. The summed E-state index contributed by atoms with van der Waals surface area (Å²) < 4.78 is 4.75. The fraction of sp³-hybridized carbons (Fsp3) is 0.538. The lowest BCUT2D eigenvalue weighted by Gasteiger charge is -2.33. The molecule has 2 aliphatic rings. The minimum absolute atomic E-state index is 0.0901. The Kier molecular flexibility index (Phi) is 2.20. The first-order chi connectivity index (χ1) is 7.50. The molecule has 0 amide bonds. The Labute approximate surface area is 94.9 Å². The molecule has 0 unspecified atom stereocenters. The maximum atomic E-state index is 12.0. The second-order valence-electron chi connectivity index (χ2n) is 4.70. The van der Waals surface area contributed by atoms with Crippen LogP contribution >= 0.6 is 0 Å². The molecular formula is C13H14O3. The van der Waals surface area contributed by atoms with Crippen LogP contribution in [0.15, 0.2) is 12.2 Å². The summed E-state index contributed by atoms with van der Waals surface area (Å²) in [5.41, 5.74) is -0.891. The summed E-state index contributed by atoms with van der Waals surface area (Å²) in [6.07, 6.45) is 7.46. The number of hydrogen-bond donors (Lipinski definition) is 0. The Balaban J connectivity index is 2.51. The van der Waals surface area contributed by atoms with Crippen molar-refractivity contribution >= 4 is 11.8 Å². The average molecular weight is 218 g/mol. The Morgan fingerprint density at radius 2 is 2.31 bits per heavy atom. The second-order valence-corrected chi connectivity index (χ2v) is 4.70. The lowest BCUT2D eigenvalue weighted by Crippen LogP contribution is -2.43. The van der Waals surface area contributed by atoms with Crippen molar-refractivity contribution < 1.29 is 14.3 Å². The van der Waals surface area contributed by atoms with Gasteiger partial charge < -0.3 is 4.74 Å². The van der Waals surface area contributed by atoms with Crippen LogP contribution in [0, 0.1) is 23.2 Å². The van der Waals surface area contributed by atoms with Crippen LogP contribution in [-0.4, -0.2) is 18.9 Å². The van der Waals surface area contributed by atoms with E-state index in [-0.39, 0.29) is 11.2 Å². The van der Waals surface area contributed by atoms with Crippen molar-refractivity contribution in [3.8, 4) is 12.3 Å². The number of Topliss-reactive ketones (excluding diaryl/α,β-unsaturated/α-hetero) is 1. The van der Waals surface area contributed by atoms with Crippen molar-refractivity contribution in [2.75, 3.05) is 7.11 Å². The van der Waals surface area contributed by atoms with Crippen LogP contribution in [-0.2, 0) is 14.3 Å². The van der Waals surface area contributed by atoms with Gasteiger partial charge in [0.2, 0.25) is 0 Å². The standard InChI is InChI=1S/C13H14O3/c1-4-12-6-5-10(14)13(8-12,9(2)7-12)11(15)16-3/h1H,2,5-8H2,3H3/t12-,13+/m0/s1. The van der Waals surface area contributed by atoms with E-state index in [9.17, 15) is 9.59 Å². The predicted octanol–water partition coefficient (Wildman–Crippen LogP) is 1.48. The van der Waals surface area contributed by atoms with Crippen molar-refractivity contribution in [3.63, 3.8) is 0 Å². The largest absolute Gasteiger partial charge is 0.468 e. The van der Waals surface area contributed by atoms with Crippen molar-refractivity contribution in [3.05, 3.63) is 12.2 Å². The highest BCUT2D eigenvalue weighted by molar-refractivity contribution is 6.08. The minimum atomic E-state index is -1.15. The summed E-state index contributed by atoms with van der Waals surface area (Å²) in [6.45, 7) is 3.86. The van der Waals surface area contributed by atoms with Crippen LogP contribution in [0.25, 0.3) is 0 Å². The molecule has 2 rings (SSSR count). The monoisotopic (exact) mass is 218 g/mol. The smallest absolute Gasteiger partial charge is 0.323 e. The molecule has 0 radical (unpaired) electrons. The normalized spacial score (nSPS) is 37.0. The van der Waals surface area contributed by atoms with Gasteiger partial charge in [0.25, 0.3) is 0 Å². The highest BCUT2D eigenvalue weighted by Gasteiger charge is 2.62. The van der Waals surface area contributed by atoms with Gasteiger partial charge in [-0.05, 0) is 19.3 Å². The molecule has 0 spiro atoms. The number of carbonyl (C=O) groups is 2. The van der Waals surface area contributed by atoms with Gasteiger partial charge in [0.15, 0.2) is 5.78 Å². The van der Waals surface area contributed by atoms with Gasteiger partial charge in [0.1, 0.15) is 5.41 Å². The van der Waals surface area contributed by atoms with Gasteiger partial charge in [-0.1, -0.05) is 18.1 Å². The van der Waals surface area contributed by atoms with Crippen molar-refractivity contribution in [2.24, 2.45) is 10.8 Å². The molecule has 3 nitrogen and oxygen atoms in total. The molecular weight excluding hydrogens is 204 g/mol. The third-order valence-electron chi connectivity index (χ3n) is 3.91. The van der Waals surface area contributed by atoms with Gasteiger partial charge in [-0.3, -0.25) is 9.59 Å². The van der Waals surface area contributed by atoms with Crippen molar-refractivity contribution in [1.29, 1.82) is 0 Å². The lowest BCUT2D eigenvalue weighted by atomic mass is 9.68. The second kappa shape index (κ2) is 3.21. The number of rotatable bonds is 1. The third-order valence-corrected chi connectivity index (χ3v) is 3.91. The summed E-state index contributed by atoms with van der Waals surface area (Å²) in [6, 6.07) is 0. The quantitative estimate of drug-likeness (QED) is 0.290. The number of methoxy groups -OCH3 is 1. The van der Waals surface area contributed by atoms with E-state index in [1.54, 1.807) is 0 Å². The van der Waals surface area contributed by atoms with Gasteiger partial charge in [0, 0.05) is 11.8 Å². The fourth-order valence-electron chi connectivity index (χ4n) is 2.97. The molecule has 0 saturated heterocycles. The molecule has 2 fully saturated rings. The zero-order valence-electron chi connectivity index (χ0n) is 9.34. The van der Waals surface area contributed by atoms with E-state index in [0.29, 0.717) is 31.3 Å². The number of ether oxygens (including phenoxy) is 1. The van der Waals surface area contributed by atoms with Crippen LogP contribution in [0.3, 0.4) is 0 Å². The fourth-order valence-corrected chi connectivity index (χ4v) is 2.97. The molecule has 0 N–H and O–H groups in total. The summed E-state index contributed by atoms with van der Waals surface area (Å²) >= 11 is 0. The van der Waals surface area contributed by atoms with E-state index < -0.39 is 11.4 Å². The number of terminal acetylenes is 1. The first-order valence-corrected chi connectivity index (χ1v) is 5.28. The first kappa shape index (κ1) is 10.9. The van der Waals surface area contributed by atoms with Gasteiger partial charge in [0.05, 0.1) is 7.11 Å². The van der Waals surface area contributed by atoms with Gasteiger partial charge >= 0.3 is 5.97 Å². The predicted molar refractivity (Wildman–Crippen MR) is 58.3 cm³/mol. The first-order valence-electron chi connectivity index (χ1n) is 5.28. The van der Waals surface area contributed by atoms with E-state index in [1.807, 2.05) is 0 Å². The Hall–Kier alpha value is -1.56. The Bertz CT molecular complexity index is 419. The Morgan fingerprint density at radius 1 is 1.62 bits per heavy atom. The van der Waals surface area contributed by atoms with E-state index in [4.69, 9.17) is 11.2 Å². The SMILES string of the molecule is C#C[C@@]12CCC(=O)[C@@](C(=O)OC)(C1)C(=C)C2. The molecule has 0 heterocycles. The molecule has 0 aromatic rings. The molecule has 0 aliphatic heterocycles. The highest BCUT2D eigenvalue weighted by Crippen LogP contribution is 2.59. The van der Waals surface area contributed by atoms with Crippen LogP contribution in [0.4, 0.5) is 0 Å². The molecule has 0 aromatic heterocycles. The molecule has 2 bridgehead atoms. The summed E-state index contributed by atoms with van der Waals surface area (Å²) in [7, 11) is 1.29. The molecule has 2 atom stereocenters. The van der Waals surface area contributed by atoms with E-state index in [2.05, 4.69) is 12.5 Å².